The van der Waals surface area contributed by atoms with Crippen LogP contribution in [-0.2, 0) is 4.74 Å². The molecule has 1 atom stereocenters. The van der Waals surface area contributed by atoms with Crippen molar-refractivity contribution in [3.8, 4) is 0 Å². The van der Waals surface area contributed by atoms with Crippen LogP contribution in [0, 0.1) is 0 Å². The lowest BCUT2D eigenvalue weighted by atomic mass is 10.2. The SMILES string of the molecule is O=C(NCC1CCCO1)c1nn2ccccc2c1Cl. The Morgan fingerprint density at radius 2 is 2.47 bits per heavy atom. The number of halogens is 1. The van der Waals surface area contributed by atoms with Crippen molar-refractivity contribution in [1.82, 2.24) is 14.9 Å². The summed E-state index contributed by atoms with van der Waals surface area (Å²) in [7, 11) is 0. The minimum atomic E-state index is -0.260. The van der Waals surface area contributed by atoms with Crippen molar-refractivity contribution >= 4 is 23.0 Å². The lowest BCUT2D eigenvalue weighted by molar-refractivity contribution is 0.0853. The third kappa shape index (κ3) is 2.43. The summed E-state index contributed by atoms with van der Waals surface area (Å²) in [6.45, 7) is 1.28. The van der Waals surface area contributed by atoms with Crippen LogP contribution >= 0.6 is 11.6 Å². The fourth-order valence-corrected chi connectivity index (χ4v) is 2.48. The van der Waals surface area contributed by atoms with Gasteiger partial charge in [-0.05, 0) is 25.0 Å². The van der Waals surface area contributed by atoms with Crippen molar-refractivity contribution < 1.29 is 9.53 Å². The molecule has 0 spiro atoms. The predicted molar refractivity (Wildman–Crippen MR) is 71.5 cm³/mol. The number of hydrogen-bond acceptors (Lipinski definition) is 3. The summed E-state index contributed by atoms with van der Waals surface area (Å²) in [6.07, 6.45) is 3.91. The van der Waals surface area contributed by atoms with Crippen LogP contribution in [0.1, 0.15) is 23.3 Å². The molecule has 5 nitrogen and oxygen atoms in total. The molecule has 3 rings (SSSR count). The maximum atomic E-state index is 12.1. The molecule has 6 heteroatoms. The van der Waals surface area contributed by atoms with Crippen molar-refractivity contribution in [3.05, 3.63) is 35.1 Å². The number of nitrogens with zero attached hydrogens (tertiary/aromatic N) is 2. The molecule has 0 bridgehead atoms. The van der Waals surface area contributed by atoms with Crippen LogP contribution in [0.2, 0.25) is 5.02 Å². The highest BCUT2D eigenvalue weighted by Gasteiger charge is 2.20. The molecule has 2 aromatic rings. The highest BCUT2D eigenvalue weighted by Crippen LogP contribution is 2.21. The predicted octanol–water partition coefficient (Wildman–Crippen LogP) is 1.90. The van der Waals surface area contributed by atoms with E-state index >= 15 is 0 Å². The Morgan fingerprint density at radius 1 is 1.58 bits per heavy atom. The summed E-state index contributed by atoms with van der Waals surface area (Å²) < 4.78 is 7.06. The number of aromatic nitrogens is 2. The monoisotopic (exact) mass is 279 g/mol. The van der Waals surface area contributed by atoms with Crippen LogP contribution < -0.4 is 5.32 Å². The normalized spacial score (nSPS) is 18.9. The molecule has 1 saturated heterocycles. The van der Waals surface area contributed by atoms with Crippen molar-refractivity contribution in [2.75, 3.05) is 13.2 Å². The van der Waals surface area contributed by atoms with Crippen LogP contribution in [0.4, 0.5) is 0 Å². The molecule has 1 aliphatic rings. The second-order valence-corrected chi connectivity index (χ2v) is 4.92. The van der Waals surface area contributed by atoms with E-state index in [0.29, 0.717) is 11.6 Å². The van der Waals surface area contributed by atoms with E-state index in [1.165, 1.54) is 0 Å². The topological polar surface area (TPSA) is 55.6 Å². The molecular weight excluding hydrogens is 266 g/mol. The zero-order valence-corrected chi connectivity index (χ0v) is 11.1. The summed E-state index contributed by atoms with van der Waals surface area (Å²) in [5.41, 5.74) is 0.984. The number of carbonyl (C=O) groups excluding carboxylic acids is 1. The molecule has 1 fully saturated rings. The zero-order valence-electron chi connectivity index (χ0n) is 10.3. The van der Waals surface area contributed by atoms with E-state index in [2.05, 4.69) is 10.4 Å². The molecule has 0 saturated carbocycles. The van der Waals surface area contributed by atoms with Gasteiger partial charge in [-0.15, -0.1) is 0 Å². The van der Waals surface area contributed by atoms with Gasteiger partial charge in [0.25, 0.3) is 5.91 Å². The second-order valence-electron chi connectivity index (χ2n) is 4.54. The number of rotatable bonds is 3. The van der Waals surface area contributed by atoms with E-state index in [4.69, 9.17) is 16.3 Å². The first kappa shape index (κ1) is 12.4. The fraction of sp³-hybridized carbons (Fsp3) is 0.385. The zero-order chi connectivity index (χ0) is 13.2. The minimum absolute atomic E-state index is 0.111. The van der Waals surface area contributed by atoms with Gasteiger partial charge in [-0.1, -0.05) is 17.7 Å². The Labute approximate surface area is 115 Å². The summed E-state index contributed by atoms with van der Waals surface area (Å²) in [5.74, 6) is -0.260. The summed E-state index contributed by atoms with van der Waals surface area (Å²) in [5, 5.41) is 7.39. The number of pyridine rings is 1. The van der Waals surface area contributed by atoms with Gasteiger partial charge in [-0.25, -0.2) is 4.52 Å². The number of ether oxygens (including phenoxy) is 1. The first-order valence-corrected chi connectivity index (χ1v) is 6.66. The Hall–Kier alpha value is -1.59. The van der Waals surface area contributed by atoms with E-state index in [-0.39, 0.29) is 17.7 Å². The largest absolute Gasteiger partial charge is 0.376 e. The average molecular weight is 280 g/mol. The Kier molecular flexibility index (Phi) is 3.40. The molecular formula is C13H14ClN3O2. The molecule has 0 aliphatic carbocycles. The van der Waals surface area contributed by atoms with Crippen LogP contribution in [0.5, 0.6) is 0 Å². The van der Waals surface area contributed by atoms with Crippen molar-refractivity contribution in [2.24, 2.45) is 0 Å². The van der Waals surface area contributed by atoms with Crippen molar-refractivity contribution in [2.45, 2.75) is 18.9 Å². The van der Waals surface area contributed by atoms with E-state index in [1.54, 1.807) is 10.7 Å². The van der Waals surface area contributed by atoms with Gasteiger partial charge in [0.1, 0.15) is 0 Å². The molecule has 1 amide bonds. The first-order chi connectivity index (χ1) is 9.25. The van der Waals surface area contributed by atoms with Gasteiger partial charge in [-0.2, -0.15) is 5.10 Å². The lowest BCUT2D eigenvalue weighted by Crippen LogP contribution is -2.32. The molecule has 0 radical (unpaired) electrons. The Bertz CT molecular complexity index is 605. The quantitative estimate of drug-likeness (QED) is 0.934. The van der Waals surface area contributed by atoms with E-state index in [9.17, 15) is 4.79 Å². The smallest absolute Gasteiger partial charge is 0.273 e. The van der Waals surface area contributed by atoms with E-state index in [0.717, 1.165) is 25.0 Å². The van der Waals surface area contributed by atoms with Gasteiger partial charge in [0.15, 0.2) is 5.69 Å². The van der Waals surface area contributed by atoms with Crippen LogP contribution in [0.3, 0.4) is 0 Å². The number of carbonyl (C=O) groups is 1. The number of amides is 1. The van der Waals surface area contributed by atoms with Crippen molar-refractivity contribution in [3.63, 3.8) is 0 Å². The second kappa shape index (κ2) is 5.19. The number of fused-ring (bicyclic) bond motifs is 1. The maximum absolute atomic E-state index is 12.1. The lowest BCUT2D eigenvalue weighted by Gasteiger charge is -2.09. The van der Waals surface area contributed by atoms with Crippen LogP contribution in [-0.4, -0.2) is 34.8 Å². The molecule has 1 unspecified atom stereocenters. The third-order valence-electron chi connectivity index (χ3n) is 3.21. The molecule has 0 aromatic carbocycles. The van der Waals surface area contributed by atoms with Gasteiger partial charge in [0.2, 0.25) is 0 Å². The third-order valence-corrected chi connectivity index (χ3v) is 3.58. The fourth-order valence-electron chi connectivity index (χ4n) is 2.21. The van der Waals surface area contributed by atoms with Crippen LogP contribution in [0.15, 0.2) is 24.4 Å². The molecule has 1 N–H and O–H groups in total. The number of nitrogens with one attached hydrogen (secondary N) is 1. The molecule has 100 valence electrons. The standard InChI is InChI=1S/C13H14ClN3O2/c14-11-10-5-1-2-6-17(10)16-12(11)13(18)15-8-9-4-3-7-19-9/h1-2,5-6,9H,3-4,7-8H2,(H,15,18). The highest BCUT2D eigenvalue weighted by atomic mass is 35.5. The van der Waals surface area contributed by atoms with Crippen molar-refractivity contribution in [1.29, 1.82) is 0 Å². The van der Waals surface area contributed by atoms with Crippen LogP contribution in [0.25, 0.3) is 5.52 Å². The molecule has 3 heterocycles. The molecule has 19 heavy (non-hydrogen) atoms. The van der Waals surface area contributed by atoms with Gasteiger partial charge in [0.05, 0.1) is 16.6 Å². The minimum Gasteiger partial charge on any atom is -0.376 e. The average Bonchev–Trinajstić information content (AvgIpc) is 3.05. The van der Waals surface area contributed by atoms with Gasteiger partial charge in [0, 0.05) is 19.3 Å². The summed E-state index contributed by atoms with van der Waals surface area (Å²) in [6, 6.07) is 5.52. The highest BCUT2D eigenvalue weighted by molar-refractivity contribution is 6.36. The van der Waals surface area contributed by atoms with Gasteiger partial charge in [-0.3, -0.25) is 4.79 Å². The number of hydrogen-bond donors (Lipinski definition) is 1. The first-order valence-electron chi connectivity index (χ1n) is 6.28. The van der Waals surface area contributed by atoms with Gasteiger partial charge >= 0.3 is 0 Å². The van der Waals surface area contributed by atoms with E-state index in [1.807, 2.05) is 18.2 Å². The summed E-state index contributed by atoms with van der Waals surface area (Å²) in [4.78, 5) is 12.1. The Balaban J connectivity index is 1.75. The molecule has 2 aromatic heterocycles. The maximum Gasteiger partial charge on any atom is 0.273 e. The summed E-state index contributed by atoms with van der Waals surface area (Å²) >= 11 is 6.17. The van der Waals surface area contributed by atoms with E-state index < -0.39 is 0 Å². The van der Waals surface area contributed by atoms with Gasteiger partial charge < -0.3 is 10.1 Å². The molecule has 1 aliphatic heterocycles. The Morgan fingerprint density at radius 3 is 3.21 bits per heavy atom.